The first-order valence-electron chi connectivity index (χ1n) is 7.91. The number of carbonyl (C=O) groups excluding carboxylic acids is 2. The summed E-state index contributed by atoms with van der Waals surface area (Å²) in [6, 6.07) is 15.1. The van der Waals surface area contributed by atoms with Crippen LogP contribution in [-0.2, 0) is 4.74 Å². The third-order valence-corrected chi connectivity index (χ3v) is 3.58. The van der Waals surface area contributed by atoms with Crippen molar-refractivity contribution in [1.29, 1.82) is 0 Å². The molecule has 136 valence electrons. The summed E-state index contributed by atoms with van der Waals surface area (Å²) < 4.78 is 17.5. The van der Waals surface area contributed by atoms with Crippen LogP contribution in [0.15, 0.2) is 60.7 Å². The van der Waals surface area contributed by atoms with Gasteiger partial charge in [0.1, 0.15) is 5.82 Å². The van der Waals surface area contributed by atoms with Crippen LogP contribution in [-0.4, -0.2) is 29.2 Å². The maximum Gasteiger partial charge on any atom is 0.337 e. The van der Waals surface area contributed by atoms with Gasteiger partial charge in [-0.05, 0) is 60.7 Å². The molecular formula is C19H15FN4O3. The Kier molecular flexibility index (Phi) is 5.36. The number of halogens is 1. The second-order valence-electron chi connectivity index (χ2n) is 5.46. The van der Waals surface area contributed by atoms with E-state index < -0.39 is 11.9 Å². The summed E-state index contributed by atoms with van der Waals surface area (Å²) in [5, 5.41) is 13.4. The largest absolute Gasteiger partial charge is 0.465 e. The van der Waals surface area contributed by atoms with Crippen molar-refractivity contribution in [1.82, 2.24) is 10.2 Å². The van der Waals surface area contributed by atoms with E-state index in [0.717, 1.165) is 0 Å². The van der Waals surface area contributed by atoms with Crippen molar-refractivity contribution in [3.05, 3.63) is 77.7 Å². The van der Waals surface area contributed by atoms with Crippen LogP contribution in [0.2, 0.25) is 0 Å². The van der Waals surface area contributed by atoms with Crippen molar-refractivity contribution < 1.29 is 18.7 Å². The Balaban J connectivity index is 1.63. The Morgan fingerprint density at radius 3 is 2.15 bits per heavy atom. The first-order chi connectivity index (χ1) is 13.0. The summed E-state index contributed by atoms with van der Waals surface area (Å²) in [5.41, 5.74) is 1.70. The Bertz CT molecular complexity index is 942. The number of rotatable bonds is 5. The van der Waals surface area contributed by atoms with E-state index in [2.05, 4.69) is 25.6 Å². The Labute approximate surface area is 154 Å². The molecule has 8 heteroatoms. The van der Waals surface area contributed by atoms with Crippen molar-refractivity contribution >= 4 is 29.1 Å². The molecule has 0 aliphatic heterocycles. The van der Waals surface area contributed by atoms with Crippen LogP contribution >= 0.6 is 0 Å². The lowest BCUT2D eigenvalue weighted by Crippen LogP contribution is -2.14. The Hall–Kier alpha value is -3.81. The van der Waals surface area contributed by atoms with E-state index in [-0.39, 0.29) is 11.5 Å². The van der Waals surface area contributed by atoms with Crippen LogP contribution in [0.25, 0.3) is 0 Å². The molecule has 2 N–H and O–H groups in total. The molecular weight excluding hydrogens is 351 g/mol. The molecule has 0 atom stereocenters. The fraction of sp³-hybridized carbons (Fsp3) is 0.0526. The summed E-state index contributed by atoms with van der Waals surface area (Å²) >= 11 is 0. The Morgan fingerprint density at radius 2 is 1.56 bits per heavy atom. The van der Waals surface area contributed by atoms with E-state index >= 15 is 0 Å². The first-order valence-corrected chi connectivity index (χ1v) is 7.91. The van der Waals surface area contributed by atoms with Crippen LogP contribution in [0.5, 0.6) is 0 Å². The van der Waals surface area contributed by atoms with Crippen molar-refractivity contribution in [3.63, 3.8) is 0 Å². The third kappa shape index (κ3) is 4.63. The lowest BCUT2D eigenvalue weighted by Gasteiger charge is -2.07. The fourth-order valence-electron chi connectivity index (χ4n) is 2.20. The number of ether oxygens (including phenoxy) is 1. The highest BCUT2D eigenvalue weighted by Crippen LogP contribution is 2.16. The molecule has 0 saturated heterocycles. The number of esters is 1. The molecule has 27 heavy (non-hydrogen) atoms. The van der Waals surface area contributed by atoms with Gasteiger partial charge in [0.15, 0.2) is 11.5 Å². The SMILES string of the molecule is COC(=O)c1ccc(Nc2ccc(C(=O)Nc3ccc(F)cc3)nn2)cc1. The summed E-state index contributed by atoms with van der Waals surface area (Å²) in [6.07, 6.45) is 0. The number of methoxy groups -OCH3 is 1. The van der Waals surface area contributed by atoms with Crippen LogP contribution in [0.1, 0.15) is 20.8 Å². The Morgan fingerprint density at radius 1 is 0.889 bits per heavy atom. The van der Waals surface area contributed by atoms with Crippen molar-refractivity contribution in [2.24, 2.45) is 0 Å². The van der Waals surface area contributed by atoms with Crippen molar-refractivity contribution in [3.8, 4) is 0 Å². The van der Waals surface area contributed by atoms with Gasteiger partial charge in [0.2, 0.25) is 0 Å². The zero-order valence-corrected chi connectivity index (χ0v) is 14.3. The number of benzene rings is 2. The number of carbonyl (C=O) groups is 2. The first kappa shape index (κ1) is 18.0. The number of aromatic nitrogens is 2. The van der Waals surface area contributed by atoms with Gasteiger partial charge in [-0.1, -0.05) is 0 Å². The van der Waals surface area contributed by atoms with E-state index in [0.29, 0.717) is 22.8 Å². The summed E-state index contributed by atoms with van der Waals surface area (Å²) in [5.74, 6) is -0.831. The predicted molar refractivity (Wildman–Crippen MR) is 97.4 cm³/mol. The van der Waals surface area contributed by atoms with Gasteiger partial charge in [0.25, 0.3) is 5.91 Å². The summed E-state index contributed by atoms with van der Waals surface area (Å²) in [6.45, 7) is 0. The monoisotopic (exact) mass is 366 g/mol. The number of hydrogen-bond acceptors (Lipinski definition) is 6. The molecule has 0 aliphatic rings. The molecule has 0 spiro atoms. The fourth-order valence-corrected chi connectivity index (χ4v) is 2.20. The minimum atomic E-state index is -0.455. The molecule has 0 radical (unpaired) electrons. The van der Waals surface area contributed by atoms with E-state index in [1.165, 1.54) is 37.4 Å². The average Bonchev–Trinajstić information content (AvgIpc) is 2.70. The van der Waals surface area contributed by atoms with E-state index in [1.807, 2.05) is 0 Å². The highest BCUT2D eigenvalue weighted by molar-refractivity contribution is 6.02. The second-order valence-corrected chi connectivity index (χ2v) is 5.46. The summed E-state index contributed by atoms with van der Waals surface area (Å²) in [4.78, 5) is 23.5. The minimum absolute atomic E-state index is 0.117. The molecule has 2 aromatic carbocycles. The van der Waals surface area contributed by atoms with E-state index in [9.17, 15) is 14.0 Å². The number of amides is 1. The number of nitrogens with one attached hydrogen (secondary N) is 2. The number of nitrogens with zero attached hydrogens (tertiary/aromatic N) is 2. The molecule has 0 unspecified atom stereocenters. The van der Waals surface area contributed by atoms with E-state index in [4.69, 9.17) is 0 Å². The average molecular weight is 366 g/mol. The molecule has 1 amide bonds. The predicted octanol–water partition coefficient (Wildman–Crippen LogP) is 3.40. The normalized spacial score (nSPS) is 10.1. The minimum Gasteiger partial charge on any atom is -0.465 e. The maximum absolute atomic E-state index is 12.9. The second kappa shape index (κ2) is 8.05. The lowest BCUT2D eigenvalue weighted by atomic mass is 10.2. The standard InChI is InChI=1S/C19H15FN4O3/c1-27-19(26)12-2-6-14(7-3-12)21-17-11-10-16(23-24-17)18(25)22-15-8-4-13(20)5-9-15/h2-11H,1H3,(H,21,24)(H,22,25). The van der Waals surface area contributed by atoms with Crippen LogP contribution in [0.4, 0.5) is 21.6 Å². The molecule has 0 aliphatic carbocycles. The van der Waals surface area contributed by atoms with Gasteiger partial charge in [-0.25, -0.2) is 9.18 Å². The quantitative estimate of drug-likeness (QED) is 0.672. The number of anilines is 3. The van der Waals surface area contributed by atoms with Gasteiger partial charge < -0.3 is 15.4 Å². The van der Waals surface area contributed by atoms with Gasteiger partial charge in [0.05, 0.1) is 12.7 Å². The molecule has 3 aromatic rings. The zero-order chi connectivity index (χ0) is 19.2. The van der Waals surface area contributed by atoms with Gasteiger partial charge in [-0.15, -0.1) is 10.2 Å². The van der Waals surface area contributed by atoms with Gasteiger partial charge in [-0.3, -0.25) is 4.79 Å². The van der Waals surface area contributed by atoms with Gasteiger partial charge in [-0.2, -0.15) is 0 Å². The summed E-state index contributed by atoms with van der Waals surface area (Å²) in [7, 11) is 1.32. The molecule has 0 bridgehead atoms. The zero-order valence-electron chi connectivity index (χ0n) is 14.3. The molecule has 7 nitrogen and oxygen atoms in total. The highest BCUT2D eigenvalue weighted by Gasteiger charge is 2.09. The third-order valence-electron chi connectivity index (χ3n) is 3.58. The van der Waals surface area contributed by atoms with Crippen LogP contribution in [0.3, 0.4) is 0 Å². The molecule has 0 fully saturated rings. The molecule has 0 saturated carbocycles. The van der Waals surface area contributed by atoms with Crippen molar-refractivity contribution in [2.45, 2.75) is 0 Å². The van der Waals surface area contributed by atoms with Gasteiger partial charge >= 0.3 is 5.97 Å². The highest BCUT2D eigenvalue weighted by atomic mass is 19.1. The topological polar surface area (TPSA) is 93.2 Å². The van der Waals surface area contributed by atoms with Crippen LogP contribution in [0, 0.1) is 5.82 Å². The molecule has 3 rings (SSSR count). The van der Waals surface area contributed by atoms with E-state index in [1.54, 1.807) is 30.3 Å². The lowest BCUT2D eigenvalue weighted by molar-refractivity contribution is 0.0600. The molecule has 1 heterocycles. The number of hydrogen-bond donors (Lipinski definition) is 2. The molecule has 1 aromatic heterocycles. The van der Waals surface area contributed by atoms with Gasteiger partial charge in [0, 0.05) is 11.4 Å². The van der Waals surface area contributed by atoms with Crippen molar-refractivity contribution in [2.75, 3.05) is 17.7 Å². The van der Waals surface area contributed by atoms with Crippen LogP contribution < -0.4 is 10.6 Å². The smallest absolute Gasteiger partial charge is 0.337 e. The maximum atomic E-state index is 12.9.